The summed E-state index contributed by atoms with van der Waals surface area (Å²) in [6.07, 6.45) is 2.51. The first-order valence-corrected chi connectivity index (χ1v) is 9.25. The molecule has 1 aromatic heterocycles. The third-order valence-electron chi connectivity index (χ3n) is 4.15. The first kappa shape index (κ1) is 20.2. The van der Waals surface area contributed by atoms with Crippen molar-refractivity contribution in [3.05, 3.63) is 82.1 Å². The van der Waals surface area contributed by atoms with Gasteiger partial charge in [0.25, 0.3) is 5.91 Å². The molecular weight excluding hydrogens is 404 g/mol. The molecule has 1 heterocycles. The van der Waals surface area contributed by atoms with Crippen molar-refractivity contribution in [2.45, 2.75) is 19.1 Å². The Balaban J connectivity index is 1.82. The summed E-state index contributed by atoms with van der Waals surface area (Å²) in [6, 6.07) is 10.1. The average Bonchev–Trinajstić information content (AvgIpc) is 3.07. The van der Waals surface area contributed by atoms with Crippen LogP contribution in [0.3, 0.4) is 0 Å². The second-order valence-electron chi connectivity index (χ2n) is 6.23. The van der Waals surface area contributed by atoms with Crippen molar-refractivity contribution >= 4 is 29.1 Å². The van der Waals surface area contributed by atoms with Crippen molar-refractivity contribution in [1.82, 2.24) is 14.9 Å². The Labute approximate surface area is 172 Å². The molecule has 0 saturated carbocycles. The van der Waals surface area contributed by atoms with Crippen LogP contribution >= 0.6 is 23.2 Å². The minimum absolute atomic E-state index is 0.304. The summed E-state index contributed by atoms with van der Waals surface area (Å²) in [5.74, 6) is 0.107. The van der Waals surface area contributed by atoms with Gasteiger partial charge in [-0.3, -0.25) is 4.79 Å². The number of aryl methyl sites for hydroxylation is 1. The normalized spacial score (nSPS) is 13.0. The zero-order valence-electron chi connectivity index (χ0n) is 15.2. The number of benzene rings is 2. The molecule has 0 saturated heterocycles. The van der Waals surface area contributed by atoms with Crippen molar-refractivity contribution < 1.29 is 13.9 Å². The van der Waals surface area contributed by atoms with Crippen LogP contribution in [0.2, 0.25) is 10.0 Å². The van der Waals surface area contributed by atoms with Crippen LogP contribution in [0.15, 0.2) is 54.9 Å². The molecule has 2 atom stereocenters. The van der Waals surface area contributed by atoms with Crippen molar-refractivity contribution in [1.29, 1.82) is 0 Å². The molecule has 0 spiro atoms. The third-order valence-corrected chi connectivity index (χ3v) is 4.68. The van der Waals surface area contributed by atoms with E-state index in [2.05, 4.69) is 10.3 Å². The van der Waals surface area contributed by atoms with Gasteiger partial charge < -0.3 is 14.6 Å². The van der Waals surface area contributed by atoms with Gasteiger partial charge in [0.05, 0.1) is 5.02 Å². The van der Waals surface area contributed by atoms with Crippen molar-refractivity contribution in [2.24, 2.45) is 7.05 Å². The summed E-state index contributed by atoms with van der Waals surface area (Å²) in [4.78, 5) is 17.1. The van der Waals surface area contributed by atoms with Crippen LogP contribution in [-0.4, -0.2) is 21.6 Å². The summed E-state index contributed by atoms with van der Waals surface area (Å²) in [6.45, 7) is 1.60. The van der Waals surface area contributed by atoms with Gasteiger partial charge in [-0.1, -0.05) is 35.3 Å². The molecule has 3 rings (SSSR count). The topological polar surface area (TPSA) is 56.1 Å². The highest BCUT2D eigenvalue weighted by Gasteiger charge is 2.25. The standard InChI is InChI=1S/C20H18Cl2FN3O2/c1-12(28-17-7-6-14(21)11-16(17)22)20(27)25-18(19-24-8-9-26(19)2)13-4-3-5-15(23)10-13/h3-12,18H,1-2H3,(H,25,27)/t12-,18+/m0/s1. The fourth-order valence-corrected chi connectivity index (χ4v) is 3.17. The van der Waals surface area contributed by atoms with E-state index >= 15 is 0 Å². The second kappa shape index (κ2) is 8.63. The number of nitrogens with zero attached hydrogens (tertiary/aromatic N) is 2. The minimum atomic E-state index is -0.852. The van der Waals surface area contributed by atoms with E-state index in [0.29, 0.717) is 27.2 Å². The fraction of sp³-hybridized carbons (Fsp3) is 0.200. The maximum absolute atomic E-state index is 13.7. The fourth-order valence-electron chi connectivity index (χ4n) is 2.71. The molecular formula is C20H18Cl2FN3O2. The molecule has 0 aliphatic carbocycles. The lowest BCUT2D eigenvalue weighted by Gasteiger charge is -2.22. The smallest absolute Gasteiger partial charge is 0.261 e. The van der Waals surface area contributed by atoms with Crippen LogP contribution in [0.4, 0.5) is 4.39 Å². The van der Waals surface area contributed by atoms with Gasteiger partial charge >= 0.3 is 0 Å². The highest BCUT2D eigenvalue weighted by atomic mass is 35.5. The molecule has 5 nitrogen and oxygen atoms in total. The first-order chi connectivity index (χ1) is 13.3. The lowest BCUT2D eigenvalue weighted by molar-refractivity contribution is -0.127. The van der Waals surface area contributed by atoms with E-state index in [-0.39, 0.29) is 0 Å². The molecule has 28 heavy (non-hydrogen) atoms. The Hall–Kier alpha value is -2.57. The first-order valence-electron chi connectivity index (χ1n) is 8.50. The lowest BCUT2D eigenvalue weighted by atomic mass is 10.1. The number of imidazole rings is 1. The zero-order chi connectivity index (χ0) is 20.3. The van der Waals surface area contributed by atoms with Crippen LogP contribution in [0.5, 0.6) is 5.75 Å². The van der Waals surface area contributed by atoms with Gasteiger partial charge in [0.15, 0.2) is 6.10 Å². The van der Waals surface area contributed by atoms with E-state index in [9.17, 15) is 9.18 Å². The van der Waals surface area contributed by atoms with Crippen molar-refractivity contribution in [3.63, 3.8) is 0 Å². The molecule has 2 aromatic carbocycles. The van der Waals surface area contributed by atoms with Crippen LogP contribution < -0.4 is 10.1 Å². The van der Waals surface area contributed by atoms with Gasteiger partial charge in [0.1, 0.15) is 23.4 Å². The number of carbonyl (C=O) groups excluding carboxylic acids is 1. The number of aromatic nitrogens is 2. The van der Waals surface area contributed by atoms with Gasteiger partial charge in [-0.25, -0.2) is 9.37 Å². The zero-order valence-corrected chi connectivity index (χ0v) is 16.7. The Morgan fingerprint density at radius 2 is 2.04 bits per heavy atom. The lowest BCUT2D eigenvalue weighted by Crippen LogP contribution is -2.39. The maximum Gasteiger partial charge on any atom is 0.261 e. The van der Waals surface area contributed by atoms with Gasteiger partial charge in [0, 0.05) is 24.5 Å². The summed E-state index contributed by atoms with van der Waals surface area (Å²) in [5.41, 5.74) is 0.569. The van der Waals surface area contributed by atoms with Crippen LogP contribution in [-0.2, 0) is 11.8 Å². The number of amides is 1. The quantitative estimate of drug-likeness (QED) is 0.635. The number of rotatable bonds is 6. The monoisotopic (exact) mass is 421 g/mol. The second-order valence-corrected chi connectivity index (χ2v) is 7.07. The number of hydrogen-bond donors (Lipinski definition) is 1. The summed E-state index contributed by atoms with van der Waals surface area (Å²) >= 11 is 12.0. The third kappa shape index (κ3) is 4.64. The molecule has 0 unspecified atom stereocenters. The van der Waals surface area contributed by atoms with E-state index in [1.54, 1.807) is 55.2 Å². The Kier molecular flexibility index (Phi) is 6.21. The van der Waals surface area contributed by atoms with E-state index in [1.165, 1.54) is 18.2 Å². The number of carbonyl (C=O) groups is 1. The highest BCUT2D eigenvalue weighted by Crippen LogP contribution is 2.28. The van der Waals surface area contributed by atoms with E-state index < -0.39 is 23.9 Å². The number of halogens is 3. The van der Waals surface area contributed by atoms with Crippen molar-refractivity contribution in [2.75, 3.05) is 0 Å². The summed E-state index contributed by atoms with van der Waals surface area (Å²) in [5, 5.41) is 3.64. The van der Waals surface area contributed by atoms with Crippen LogP contribution in [0.25, 0.3) is 0 Å². The molecule has 1 N–H and O–H groups in total. The molecule has 0 fully saturated rings. The Bertz CT molecular complexity index is 993. The minimum Gasteiger partial charge on any atom is -0.479 e. The average molecular weight is 422 g/mol. The summed E-state index contributed by atoms with van der Waals surface area (Å²) in [7, 11) is 1.80. The highest BCUT2D eigenvalue weighted by molar-refractivity contribution is 6.35. The Morgan fingerprint density at radius 3 is 2.68 bits per heavy atom. The van der Waals surface area contributed by atoms with Crippen LogP contribution in [0, 0.1) is 5.82 Å². The SMILES string of the molecule is C[C@H](Oc1ccc(Cl)cc1Cl)C(=O)N[C@H](c1cccc(F)c1)c1nccn1C. The van der Waals surface area contributed by atoms with E-state index in [0.717, 1.165) is 0 Å². The Morgan fingerprint density at radius 1 is 1.25 bits per heavy atom. The van der Waals surface area contributed by atoms with E-state index in [1.807, 2.05) is 0 Å². The van der Waals surface area contributed by atoms with Crippen LogP contribution in [0.1, 0.15) is 24.4 Å². The molecule has 8 heteroatoms. The number of ether oxygens (including phenoxy) is 1. The summed E-state index contributed by atoms with van der Waals surface area (Å²) < 4.78 is 21.2. The number of hydrogen-bond acceptors (Lipinski definition) is 3. The largest absolute Gasteiger partial charge is 0.479 e. The maximum atomic E-state index is 13.7. The predicted molar refractivity (Wildman–Crippen MR) is 106 cm³/mol. The number of nitrogens with one attached hydrogen (secondary N) is 1. The van der Waals surface area contributed by atoms with E-state index in [4.69, 9.17) is 27.9 Å². The molecule has 3 aromatic rings. The van der Waals surface area contributed by atoms with Gasteiger partial charge in [-0.15, -0.1) is 0 Å². The molecule has 0 bridgehead atoms. The van der Waals surface area contributed by atoms with Crippen molar-refractivity contribution in [3.8, 4) is 5.75 Å². The van der Waals surface area contributed by atoms with Gasteiger partial charge in [0.2, 0.25) is 0 Å². The molecule has 146 valence electrons. The molecule has 0 aliphatic heterocycles. The molecule has 1 amide bonds. The predicted octanol–water partition coefficient (Wildman–Crippen LogP) is 4.54. The van der Waals surface area contributed by atoms with Gasteiger partial charge in [-0.05, 0) is 42.8 Å². The van der Waals surface area contributed by atoms with Gasteiger partial charge in [-0.2, -0.15) is 0 Å². The molecule has 0 aliphatic rings. The molecule has 0 radical (unpaired) electrons.